The van der Waals surface area contributed by atoms with E-state index in [9.17, 15) is 14.8 Å². The van der Waals surface area contributed by atoms with Gasteiger partial charge < -0.3 is 18.8 Å². The van der Waals surface area contributed by atoms with Crippen molar-refractivity contribution in [3.63, 3.8) is 0 Å². The third-order valence-electron chi connectivity index (χ3n) is 8.12. The molecular weight excluding hydrogens is 521 g/mol. The number of phenols is 1. The van der Waals surface area contributed by atoms with Crippen molar-refractivity contribution < 1.29 is 18.7 Å². The number of aromatic nitrogens is 2. The molecule has 8 heteroatoms. The van der Waals surface area contributed by atoms with E-state index >= 15 is 0 Å². The fraction of sp³-hybridized carbons (Fsp3) is 0.312. The standard InChI is InChI=1S/C32H34FN3O3Si/c1-20(16-34)30-24-12-10-21(14-22(24)18-38-28-15-23(33)11-13-25(28)30)17-36-26-8-7-9-27(37)31(26)35-29(36)19-39-40(5,6)32(2,3)4/h7-15,37H,17-19H2,1-6H3/b30-20-. The lowest BCUT2D eigenvalue weighted by atomic mass is 9.90. The number of aromatic hydroxyl groups is 1. The minimum absolute atomic E-state index is 0.0518. The van der Waals surface area contributed by atoms with E-state index in [0.717, 1.165) is 33.6 Å². The molecular formula is C32H34FN3O3Si. The van der Waals surface area contributed by atoms with Crippen molar-refractivity contribution in [2.24, 2.45) is 0 Å². The highest BCUT2D eigenvalue weighted by Crippen LogP contribution is 2.40. The van der Waals surface area contributed by atoms with E-state index in [2.05, 4.69) is 50.6 Å². The number of nitriles is 1. The lowest BCUT2D eigenvalue weighted by Crippen LogP contribution is -2.40. The molecule has 0 aliphatic carbocycles. The number of fused-ring (bicyclic) bond motifs is 3. The number of halogens is 1. The van der Waals surface area contributed by atoms with Gasteiger partial charge in [-0.05, 0) is 72.1 Å². The maximum atomic E-state index is 14.0. The maximum absolute atomic E-state index is 14.0. The molecule has 1 aliphatic heterocycles. The third kappa shape index (κ3) is 5.03. The molecule has 1 aliphatic rings. The number of imidazole rings is 1. The fourth-order valence-electron chi connectivity index (χ4n) is 4.80. The zero-order valence-electron chi connectivity index (χ0n) is 23.8. The summed E-state index contributed by atoms with van der Waals surface area (Å²) in [5.74, 6) is 0.911. The normalized spacial score (nSPS) is 14.7. The van der Waals surface area contributed by atoms with Crippen LogP contribution in [0.3, 0.4) is 0 Å². The Morgan fingerprint density at radius 2 is 1.90 bits per heavy atom. The minimum Gasteiger partial charge on any atom is -0.506 e. The van der Waals surface area contributed by atoms with Gasteiger partial charge in [-0.2, -0.15) is 5.26 Å². The number of benzene rings is 3. The number of allylic oxidation sites excluding steroid dienone is 1. The number of hydrogen-bond acceptors (Lipinski definition) is 5. The first-order valence-electron chi connectivity index (χ1n) is 13.4. The summed E-state index contributed by atoms with van der Waals surface area (Å²) in [7, 11) is -2.04. The molecule has 5 rings (SSSR count). The van der Waals surface area contributed by atoms with Gasteiger partial charge in [-0.1, -0.05) is 39.0 Å². The first kappa shape index (κ1) is 27.6. The Morgan fingerprint density at radius 3 is 2.62 bits per heavy atom. The number of hydrogen-bond donors (Lipinski definition) is 1. The fourth-order valence-corrected chi connectivity index (χ4v) is 5.73. The van der Waals surface area contributed by atoms with Gasteiger partial charge >= 0.3 is 0 Å². The molecule has 0 amide bonds. The highest BCUT2D eigenvalue weighted by molar-refractivity contribution is 6.74. The summed E-state index contributed by atoms with van der Waals surface area (Å²) in [6.07, 6.45) is 0. The Morgan fingerprint density at radius 1 is 1.15 bits per heavy atom. The molecule has 0 fully saturated rings. The summed E-state index contributed by atoms with van der Waals surface area (Å²) < 4.78 is 28.7. The van der Waals surface area contributed by atoms with Crippen LogP contribution in [0.15, 0.2) is 60.2 Å². The van der Waals surface area contributed by atoms with Crippen LogP contribution >= 0.6 is 0 Å². The van der Waals surface area contributed by atoms with Gasteiger partial charge in [0, 0.05) is 29.3 Å². The molecule has 0 atom stereocenters. The maximum Gasteiger partial charge on any atom is 0.192 e. The van der Waals surface area contributed by atoms with Gasteiger partial charge in [0.05, 0.1) is 18.2 Å². The van der Waals surface area contributed by atoms with E-state index in [-0.39, 0.29) is 23.2 Å². The quantitative estimate of drug-likeness (QED) is 0.202. The number of rotatable bonds is 5. The van der Waals surface area contributed by atoms with E-state index < -0.39 is 8.32 Å². The van der Waals surface area contributed by atoms with Crippen molar-refractivity contribution in [1.82, 2.24) is 9.55 Å². The van der Waals surface area contributed by atoms with E-state index in [1.165, 1.54) is 12.1 Å². The van der Waals surface area contributed by atoms with Crippen molar-refractivity contribution in [3.8, 4) is 17.6 Å². The molecule has 0 spiro atoms. The summed E-state index contributed by atoms with van der Waals surface area (Å²) in [5.41, 5.74) is 6.16. The van der Waals surface area contributed by atoms with E-state index in [0.29, 0.717) is 35.6 Å². The molecule has 4 aromatic rings. The average Bonchev–Trinajstić information content (AvgIpc) is 3.17. The van der Waals surface area contributed by atoms with Gasteiger partial charge in [-0.3, -0.25) is 0 Å². The predicted octanol–water partition coefficient (Wildman–Crippen LogP) is 7.69. The Balaban J connectivity index is 1.55. The van der Waals surface area contributed by atoms with Gasteiger partial charge in [-0.15, -0.1) is 0 Å². The molecule has 206 valence electrons. The first-order valence-corrected chi connectivity index (χ1v) is 16.3. The van der Waals surface area contributed by atoms with Crippen LogP contribution in [0.2, 0.25) is 18.1 Å². The van der Waals surface area contributed by atoms with Crippen LogP contribution < -0.4 is 4.74 Å². The van der Waals surface area contributed by atoms with Crippen molar-refractivity contribution in [2.45, 2.75) is 65.6 Å². The molecule has 1 aromatic heterocycles. The van der Waals surface area contributed by atoms with Crippen LogP contribution in [-0.4, -0.2) is 23.0 Å². The highest BCUT2D eigenvalue weighted by atomic mass is 28.4. The molecule has 0 unspecified atom stereocenters. The van der Waals surface area contributed by atoms with Crippen LogP contribution in [0.5, 0.6) is 11.5 Å². The lowest BCUT2D eigenvalue weighted by Gasteiger charge is -2.36. The second-order valence-corrected chi connectivity index (χ2v) is 16.6. The van der Waals surface area contributed by atoms with Crippen molar-refractivity contribution in [2.75, 3.05) is 0 Å². The lowest BCUT2D eigenvalue weighted by molar-refractivity contribution is 0.263. The number of phenolic OH excluding ortho intramolecular Hbond substituents is 1. The molecule has 0 radical (unpaired) electrons. The molecule has 2 heterocycles. The molecule has 1 N–H and O–H groups in total. The van der Waals surface area contributed by atoms with Crippen LogP contribution in [0, 0.1) is 17.1 Å². The summed E-state index contributed by atoms with van der Waals surface area (Å²) in [6.45, 7) is 13.9. The highest BCUT2D eigenvalue weighted by Gasteiger charge is 2.37. The summed E-state index contributed by atoms with van der Waals surface area (Å²) >= 11 is 0. The summed E-state index contributed by atoms with van der Waals surface area (Å²) in [6, 6.07) is 18.2. The topological polar surface area (TPSA) is 80.3 Å². The number of ether oxygens (including phenoxy) is 1. The predicted molar refractivity (Wildman–Crippen MR) is 157 cm³/mol. The van der Waals surface area contributed by atoms with Gasteiger partial charge in [0.25, 0.3) is 0 Å². The molecule has 3 aromatic carbocycles. The SMILES string of the molecule is C/C(C#N)=C1\c2ccc(Cn3c(CO[Si](C)(C)C(C)(C)C)nc4c(O)cccc43)cc2COc2cc(F)ccc21. The van der Waals surface area contributed by atoms with Gasteiger partial charge in [0.2, 0.25) is 0 Å². The summed E-state index contributed by atoms with van der Waals surface area (Å²) in [4.78, 5) is 4.78. The van der Waals surface area contributed by atoms with Crippen molar-refractivity contribution in [1.29, 1.82) is 5.26 Å². The average molecular weight is 556 g/mol. The first-order chi connectivity index (χ1) is 18.9. The largest absolute Gasteiger partial charge is 0.506 e. The molecule has 0 saturated heterocycles. The zero-order valence-corrected chi connectivity index (χ0v) is 24.8. The third-order valence-corrected chi connectivity index (χ3v) is 12.6. The summed E-state index contributed by atoms with van der Waals surface area (Å²) in [5, 5.41) is 20.4. The molecule has 0 saturated carbocycles. The van der Waals surface area contributed by atoms with Crippen LogP contribution in [0.1, 0.15) is 55.8 Å². The Bertz CT molecular complexity index is 1690. The molecule has 0 bridgehead atoms. The van der Waals surface area contributed by atoms with Gasteiger partial charge in [0.15, 0.2) is 8.32 Å². The second-order valence-electron chi connectivity index (χ2n) is 11.8. The zero-order chi connectivity index (χ0) is 28.8. The number of para-hydroxylation sites is 1. The van der Waals surface area contributed by atoms with Gasteiger partial charge in [0.1, 0.15) is 35.3 Å². The minimum atomic E-state index is -2.04. The molecule has 6 nitrogen and oxygen atoms in total. The Labute approximate surface area is 235 Å². The van der Waals surface area contributed by atoms with E-state index in [1.54, 1.807) is 19.1 Å². The van der Waals surface area contributed by atoms with Crippen molar-refractivity contribution in [3.05, 3.63) is 94.1 Å². The van der Waals surface area contributed by atoms with Gasteiger partial charge in [-0.25, -0.2) is 9.37 Å². The Kier molecular flexibility index (Phi) is 7.07. The van der Waals surface area contributed by atoms with Crippen LogP contribution in [-0.2, 0) is 24.2 Å². The van der Waals surface area contributed by atoms with Crippen LogP contribution in [0.4, 0.5) is 4.39 Å². The van der Waals surface area contributed by atoms with Crippen LogP contribution in [0.25, 0.3) is 16.6 Å². The van der Waals surface area contributed by atoms with E-state index in [1.807, 2.05) is 24.3 Å². The molecule has 40 heavy (non-hydrogen) atoms. The van der Waals surface area contributed by atoms with Crippen molar-refractivity contribution >= 4 is 24.9 Å². The monoisotopic (exact) mass is 555 g/mol. The smallest absolute Gasteiger partial charge is 0.192 e. The van der Waals surface area contributed by atoms with E-state index in [4.69, 9.17) is 14.1 Å². The number of nitrogens with zero attached hydrogens (tertiary/aromatic N) is 3. The Hall–Kier alpha value is -3.93. The second kappa shape index (κ2) is 10.2.